The van der Waals surface area contributed by atoms with Crippen LogP contribution in [-0.2, 0) is 6.54 Å². The van der Waals surface area contributed by atoms with E-state index in [1.54, 1.807) is 24.3 Å². The molecule has 0 heterocycles. The molecule has 0 saturated carbocycles. The third-order valence-corrected chi connectivity index (χ3v) is 3.85. The number of benzene rings is 2. The summed E-state index contributed by atoms with van der Waals surface area (Å²) in [6.45, 7) is 0.251. The smallest absolute Gasteiger partial charge is 0.319 e. The minimum atomic E-state index is -0.519. The summed E-state index contributed by atoms with van der Waals surface area (Å²) in [7, 11) is 0. The second-order valence-corrected chi connectivity index (χ2v) is 5.91. The number of hydrogen-bond acceptors (Lipinski definition) is 1. The van der Waals surface area contributed by atoms with E-state index in [9.17, 15) is 9.18 Å². The van der Waals surface area contributed by atoms with Gasteiger partial charge in [-0.3, -0.25) is 0 Å². The summed E-state index contributed by atoms with van der Waals surface area (Å²) in [6.07, 6.45) is 0. The highest BCUT2D eigenvalue weighted by Gasteiger charge is 2.07. The molecule has 7 heteroatoms. The van der Waals surface area contributed by atoms with Crippen LogP contribution >= 0.6 is 39.1 Å². The maximum Gasteiger partial charge on any atom is 0.319 e. The molecule has 0 spiro atoms. The second kappa shape index (κ2) is 7.11. The van der Waals surface area contributed by atoms with Gasteiger partial charge in [-0.15, -0.1) is 0 Å². The largest absolute Gasteiger partial charge is 0.334 e. The van der Waals surface area contributed by atoms with Crippen molar-refractivity contribution >= 4 is 50.9 Å². The van der Waals surface area contributed by atoms with Gasteiger partial charge in [0.1, 0.15) is 5.82 Å². The Hall–Kier alpha value is -1.30. The lowest BCUT2D eigenvalue weighted by molar-refractivity contribution is 0.251. The van der Waals surface area contributed by atoms with E-state index >= 15 is 0 Å². The maximum absolute atomic E-state index is 13.6. The molecule has 0 radical (unpaired) electrons. The van der Waals surface area contributed by atoms with E-state index in [4.69, 9.17) is 23.2 Å². The van der Waals surface area contributed by atoms with E-state index in [0.29, 0.717) is 14.5 Å². The first-order valence-corrected chi connectivity index (χ1v) is 7.44. The van der Waals surface area contributed by atoms with Crippen molar-refractivity contribution in [3.63, 3.8) is 0 Å². The van der Waals surface area contributed by atoms with Crippen molar-refractivity contribution in [2.75, 3.05) is 5.32 Å². The lowest BCUT2D eigenvalue weighted by atomic mass is 10.2. The lowest BCUT2D eigenvalue weighted by Gasteiger charge is -2.09. The predicted molar refractivity (Wildman–Crippen MR) is 86.4 cm³/mol. The molecule has 2 aromatic rings. The van der Waals surface area contributed by atoms with Crippen LogP contribution in [0, 0.1) is 5.82 Å². The Morgan fingerprint density at radius 3 is 2.57 bits per heavy atom. The lowest BCUT2D eigenvalue weighted by Crippen LogP contribution is -2.28. The number of anilines is 1. The van der Waals surface area contributed by atoms with Gasteiger partial charge >= 0.3 is 6.03 Å². The molecule has 0 aliphatic heterocycles. The average Bonchev–Trinajstić information content (AvgIpc) is 2.43. The van der Waals surface area contributed by atoms with E-state index in [1.165, 1.54) is 12.1 Å². The maximum atomic E-state index is 13.6. The quantitative estimate of drug-likeness (QED) is 0.740. The van der Waals surface area contributed by atoms with Gasteiger partial charge in [0.05, 0.1) is 15.7 Å². The van der Waals surface area contributed by atoms with Gasteiger partial charge in [-0.2, -0.15) is 0 Å². The van der Waals surface area contributed by atoms with Crippen molar-refractivity contribution in [1.82, 2.24) is 5.32 Å². The van der Waals surface area contributed by atoms with E-state index < -0.39 is 11.8 Å². The first kappa shape index (κ1) is 16.1. The topological polar surface area (TPSA) is 41.1 Å². The number of carbonyl (C=O) groups is 1. The Morgan fingerprint density at radius 2 is 1.90 bits per heavy atom. The van der Waals surface area contributed by atoms with Crippen LogP contribution in [-0.4, -0.2) is 6.03 Å². The third-order valence-electron chi connectivity index (χ3n) is 2.62. The van der Waals surface area contributed by atoms with Crippen molar-refractivity contribution in [3.8, 4) is 0 Å². The summed E-state index contributed by atoms with van der Waals surface area (Å²) < 4.78 is 14.2. The Labute approximate surface area is 139 Å². The highest BCUT2D eigenvalue weighted by Crippen LogP contribution is 2.22. The van der Waals surface area contributed by atoms with Crippen molar-refractivity contribution < 1.29 is 9.18 Å². The Bertz CT molecular complexity index is 682. The van der Waals surface area contributed by atoms with Crippen LogP contribution < -0.4 is 10.6 Å². The summed E-state index contributed by atoms with van der Waals surface area (Å²) in [5.74, 6) is -0.519. The second-order valence-electron chi connectivity index (χ2n) is 4.18. The molecule has 2 amide bonds. The number of halogens is 4. The van der Waals surface area contributed by atoms with E-state index in [0.717, 1.165) is 5.56 Å². The molecule has 0 aromatic heterocycles. The molecule has 0 aliphatic rings. The predicted octanol–water partition coefficient (Wildman–Crippen LogP) is 5.22. The fourth-order valence-corrected chi connectivity index (χ4v) is 2.24. The third kappa shape index (κ3) is 4.59. The molecule has 3 nitrogen and oxygen atoms in total. The number of carbonyl (C=O) groups excluding carboxylic acids is 1. The van der Waals surface area contributed by atoms with Crippen LogP contribution in [0.15, 0.2) is 40.9 Å². The van der Waals surface area contributed by atoms with Gasteiger partial charge in [-0.05, 0) is 35.9 Å². The Morgan fingerprint density at radius 1 is 1.14 bits per heavy atom. The molecule has 2 rings (SSSR count). The average molecular weight is 392 g/mol. The number of nitrogens with one attached hydrogen (secondary N) is 2. The van der Waals surface area contributed by atoms with Crippen LogP contribution in [0.25, 0.3) is 0 Å². The molecule has 21 heavy (non-hydrogen) atoms. The van der Waals surface area contributed by atoms with E-state index in [2.05, 4.69) is 26.6 Å². The molecule has 0 unspecified atom stereocenters. The van der Waals surface area contributed by atoms with Gasteiger partial charge in [0.2, 0.25) is 0 Å². The van der Waals surface area contributed by atoms with Crippen LogP contribution in [0.5, 0.6) is 0 Å². The van der Waals surface area contributed by atoms with Gasteiger partial charge in [0.25, 0.3) is 0 Å². The zero-order chi connectivity index (χ0) is 15.4. The van der Waals surface area contributed by atoms with Crippen molar-refractivity contribution in [2.45, 2.75) is 6.54 Å². The highest BCUT2D eigenvalue weighted by atomic mass is 79.9. The van der Waals surface area contributed by atoms with Crippen molar-refractivity contribution in [1.29, 1.82) is 0 Å². The molecule has 0 atom stereocenters. The minimum absolute atomic E-state index is 0.102. The molecule has 110 valence electrons. The minimum Gasteiger partial charge on any atom is -0.334 e. The Kier molecular flexibility index (Phi) is 5.45. The summed E-state index contributed by atoms with van der Waals surface area (Å²) >= 11 is 14.8. The molecular weight excluding hydrogens is 382 g/mol. The molecule has 0 fully saturated rings. The van der Waals surface area contributed by atoms with Gasteiger partial charge in [-0.25, -0.2) is 9.18 Å². The fraction of sp³-hybridized carbons (Fsp3) is 0.0714. The number of amides is 2. The molecule has 2 N–H and O–H groups in total. The molecule has 0 aliphatic carbocycles. The molecule has 0 bridgehead atoms. The first-order chi connectivity index (χ1) is 9.95. The van der Waals surface area contributed by atoms with Crippen LogP contribution in [0.3, 0.4) is 0 Å². The van der Waals surface area contributed by atoms with Gasteiger partial charge in [0.15, 0.2) is 0 Å². The van der Waals surface area contributed by atoms with E-state index in [1.807, 2.05) is 0 Å². The number of rotatable bonds is 3. The molecule has 0 saturated heterocycles. The molecular formula is C14H10BrCl2FN2O. The summed E-state index contributed by atoms with van der Waals surface area (Å²) in [5.41, 5.74) is 0.890. The summed E-state index contributed by atoms with van der Waals surface area (Å²) in [4.78, 5) is 11.7. The zero-order valence-corrected chi connectivity index (χ0v) is 13.7. The van der Waals surface area contributed by atoms with Crippen LogP contribution in [0.2, 0.25) is 10.0 Å². The summed E-state index contributed by atoms with van der Waals surface area (Å²) in [6, 6.07) is 8.92. The Balaban J connectivity index is 1.94. The monoisotopic (exact) mass is 390 g/mol. The highest BCUT2D eigenvalue weighted by molar-refractivity contribution is 9.10. The van der Waals surface area contributed by atoms with Gasteiger partial charge in [-0.1, -0.05) is 45.2 Å². The zero-order valence-electron chi connectivity index (χ0n) is 10.6. The normalized spacial score (nSPS) is 10.3. The van der Waals surface area contributed by atoms with Crippen molar-refractivity contribution in [2.24, 2.45) is 0 Å². The number of hydrogen-bond donors (Lipinski definition) is 2. The van der Waals surface area contributed by atoms with Crippen molar-refractivity contribution in [3.05, 3.63) is 62.3 Å². The SMILES string of the molecule is O=C(NCc1ccc(Cl)c(Cl)c1)Nc1ccc(Br)cc1F. The summed E-state index contributed by atoms with van der Waals surface area (Å²) in [5, 5.41) is 5.89. The van der Waals surface area contributed by atoms with Gasteiger partial charge in [0, 0.05) is 11.0 Å². The van der Waals surface area contributed by atoms with Crippen LogP contribution in [0.4, 0.5) is 14.9 Å². The standard InChI is InChI=1S/C14H10BrCl2FN2O/c15-9-2-4-13(12(18)6-9)20-14(21)19-7-8-1-3-10(16)11(17)5-8/h1-6H,7H2,(H2,19,20,21). The molecule has 2 aromatic carbocycles. The van der Waals surface area contributed by atoms with Crippen LogP contribution in [0.1, 0.15) is 5.56 Å². The van der Waals surface area contributed by atoms with E-state index in [-0.39, 0.29) is 12.2 Å². The van der Waals surface area contributed by atoms with Gasteiger partial charge < -0.3 is 10.6 Å². The number of urea groups is 1. The fourth-order valence-electron chi connectivity index (χ4n) is 1.59. The first-order valence-electron chi connectivity index (χ1n) is 5.89.